The third-order valence-corrected chi connectivity index (χ3v) is 5.76. The standard InChI is InChI=1S/C17H17FN4O2S/c18-17(7-10(8-17)20-9-19)15(23)22-16-21-12-5-2-6-13(14(12)25-16)24-11-3-1-4-11/h2,5-6,10-11,20H,1,3-4,7-8H2,(H,21,22,23)/t10-,17+. The predicted octanol–water partition coefficient (Wildman–Crippen LogP) is 3.11. The molecular weight excluding hydrogens is 343 g/mol. The second-order valence-corrected chi connectivity index (χ2v) is 7.57. The Balaban J connectivity index is 1.47. The Labute approximate surface area is 148 Å². The maximum Gasteiger partial charge on any atom is 0.263 e. The molecule has 1 heterocycles. The van der Waals surface area contributed by atoms with Gasteiger partial charge in [-0.1, -0.05) is 17.4 Å². The number of anilines is 1. The van der Waals surface area contributed by atoms with Gasteiger partial charge in [0.15, 0.2) is 17.0 Å². The Morgan fingerprint density at radius 1 is 1.44 bits per heavy atom. The number of fused-ring (bicyclic) bond motifs is 1. The number of rotatable bonds is 5. The number of thiazole rings is 1. The van der Waals surface area contributed by atoms with Crippen molar-refractivity contribution in [3.05, 3.63) is 18.2 Å². The molecule has 2 aliphatic carbocycles. The van der Waals surface area contributed by atoms with Crippen LogP contribution in [0, 0.1) is 11.5 Å². The highest BCUT2D eigenvalue weighted by molar-refractivity contribution is 7.22. The number of aromatic nitrogens is 1. The van der Waals surface area contributed by atoms with Crippen LogP contribution in [0.15, 0.2) is 18.2 Å². The van der Waals surface area contributed by atoms with Crippen LogP contribution < -0.4 is 15.4 Å². The van der Waals surface area contributed by atoms with Crippen molar-refractivity contribution in [3.63, 3.8) is 0 Å². The molecule has 130 valence electrons. The first kappa shape index (κ1) is 16.1. The average Bonchev–Trinajstić information content (AvgIpc) is 2.92. The zero-order valence-electron chi connectivity index (χ0n) is 13.4. The molecule has 6 nitrogen and oxygen atoms in total. The van der Waals surface area contributed by atoms with Crippen LogP contribution >= 0.6 is 11.3 Å². The number of hydrogen-bond donors (Lipinski definition) is 2. The second-order valence-electron chi connectivity index (χ2n) is 6.57. The van der Waals surface area contributed by atoms with E-state index in [4.69, 9.17) is 10.00 Å². The van der Waals surface area contributed by atoms with E-state index < -0.39 is 11.6 Å². The number of benzene rings is 1. The van der Waals surface area contributed by atoms with E-state index in [0.717, 1.165) is 28.8 Å². The Bertz CT molecular complexity index is 852. The van der Waals surface area contributed by atoms with Gasteiger partial charge >= 0.3 is 0 Å². The lowest BCUT2D eigenvalue weighted by atomic mass is 9.76. The molecular formula is C17H17FN4O2S. The highest BCUT2D eigenvalue weighted by Gasteiger charge is 2.51. The van der Waals surface area contributed by atoms with Crippen molar-refractivity contribution in [1.29, 1.82) is 5.26 Å². The summed E-state index contributed by atoms with van der Waals surface area (Å²) in [6.07, 6.45) is 5.31. The van der Waals surface area contributed by atoms with Crippen molar-refractivity contribution < 1.29 is 13.9 Å². The van der Waals surface area contributed by atoms with Gasteiger partial charge in [0.25, 0.3) is 5.91 Å². The summed E-state index contributed by atoms with van der Waals surface area (Å²) in [5.74, 6) is 0.0566. The molecule has 0 atom stereocenters. The Kier molecular flexibility index (Phi) is 3.96. The van der Waals surface area contributed by atoms with Crippen LogP contribution in [0.2, 0.25) is 0 Å². The van der Waals surface area contributed by atoms with Crippen molar-refractivity contribution in [2.75, 3.05) is 5.32 Å². The number of nitrogens with one attached hydrogen (secondary N) is 2. The van der Waals surface area contributed by atoms with Crippen LogP contribution in [0.1, 0.15) is 32.1 Å². The van der Waals surface area contributed by atoms with Gasteiger partial charge in [-0.25, -0.2) is 9.37 Å². The lowest BCUT2D eigenvalue weighted by Gasteiger charge is -2.38. The van der Waals surface area contributed by atoms with Gasteiger partial charge in [-0.05, 0) is 31.4 Å². The molecule has 4 rings (SSSR count). The van der Waals surface area contributed by atoms with Gasteiger partial charge in [-0.3, -0.25) is 10.1 Å². The number of nitrogens with zero attached hydrogens (tertiary/aromatic N) is 2. The van der Waals surface area contributed by atoms with Crippen LogP contribution in [0.25, 0.3) is 10.2 Å². The van der Waals surface area contributed by atoms with E-state index in [2.05, 4.69) is 15.6 Å². The molecule has 0 bridgehead atoms. The molecule has 1 aromatic carbocycles. The molecule has 8 heteroatoms. The number of halogens is 1. The van der Waals surface area contributed by atoms with E-state index in [0.29, 0.717) is 5.13 Å². The number of ether oxygens (including phenoxy) is 1. The van der Waals surface area contributed by atoms with E-state index in [1.165, 1.54) is 17.8 Å². The van der Waals surface area contributed by atoms with E-state index >= 15 is 0 Å². The lowest BCUT2D eigenvalue weighted by Crippen LogP contribution is -2.56. The molecule has 0 spiro atoms. The normalized spacial score (nSPS) is 25.5. The fraction of sp³-hybridized carbons (Fsp3) is 0.471. The summed E-state index contributed by atoms with van der Waals surface area (Å²) in [7, 11) is 0. The summed E-state index contributed by atoms with van der Waals surface area (Å²) < 4.78 is 21.3. The first-order valence-electron chi connectivity index (χ1n) is 8.28. The van der Waals surface area contributed by atoms with Gasteiger partial charge < -0.3 is 10.1 Å². The Hall–Kier alpha value is -2.40. The first-order valence-corrected chi connectivity index (χ1v) is 9.10. The summed E-state index contributed by atoms with van der Waals surface area (Å²) in [4.78, 5) is 16.6. The molecule has 2 fully saturated rings. The van der Waals surface area contributed by atoms with Crippen molar-refractivity contribution in [1.82, 2.24) is 10.3 Å². The second kappa shape index (κ2) is 6.15. The smallest absolute Gasteiger partial charge is 0.263 e. The monoisotopic (exact) mass is 360 g/mol. The highest BCUT2D eigenvalue weighted by Crippen LogP contribution is 2.39. The summed E-state index contributed by atoms with van der Waals surface area (Å²) in [5.41, 5.74) is -1.22. The van der Waals surface area contributed by atoms with Gasteiger partial charge in [0.1, 0.15) is 5.75 Å². The summed E-state index contributed by atoms with van der Waals surface area (Å²) in [6, 6.07) is 5.32. The quantitative estimate of drug-likeness (QED) is 0.632. The lowest BCUT2D eigenvalue weighted by molar-refractivity contribution is -0.134. The topological polar surface area (TPSA) is 87.0 Å². The zero-order chi connectivity index (χ0) is 17.4. The zero-order valence-corrected chi connectivity index (χ0v) is 14.2. The number of amides is 1. The third kappa shape index (κ3) is 3.00. The maximum absolute atomic E-state index is 14.5. The van der Waals surface area contributed by atoms with Gasteiger partial charge in [-0.15, -0.1) is 0 Å². The molecule has 2 saturated carbocycles. The van der Waals surface area contributed by atoms with Crippen LogP contribution in [0.4, 0.5) is 9.52 Å². The van der Waals surface area contributed by atoms with Crippen LogP contribution in [0.3, 0.4) is 0 Å². The molecule has 1 amide bonds. The van der Waals surface area contributed by atoms with Crippen molar-refractivity contribution in [3.8, 4) is 11.9 Å². The number of carbonyl (C=O) groups is 1. The molecule has 2 aromatic rings. The van der Waals surface area contributed by atoms with Gasteiger partial charge in [0, 0.05) is 18.9 Å². The number of alkyl halides is 1. The molecule has 25 heavy (non-hydrogen) atoms. The van der Waals surface area contributed by atoms with E-state index in [-0.39, 0.29) is 25.0 Å². The van der Waals surface area contributed by atoms with Crippen LogP contribution in [-0.4, -0.2) is 28.7 Å². The summed E-state index contributed by atoms with van der Waals surface area (Å²) in [5, 5.41) is 13.9. The van der Waals surface area contributed by atoms with Crippen molar-refractivity contribution >= 4 is 32.6 Å². The largest absolute Gasteiger partial charge is 0.489 e. The van der Waals surface area contributed by atoms with Crippen molar-refractivity contribution in [2.45, 2.75) is 49.9 Å². The maximum atomic E-state index is 14.5. The minimum atomic E-state index is -1.95. The van der Waals surface area contributed by atoms with Gasteiger partial charge in [-0.2, -0.15) is 5.26 Å². The predicted molar refractivity (Wildman–Crippen MR) is 92.1 cm³/mol. The Morgan fingerprint density at radius 3 is 2.92 bits per heavy atom. The molecule has 2 N–H and O–H groups in total. The molecule has 0 unspecified atom stereocenters. The molecule has 0 saturated heterocycles. The van der Waals surface area contributed by atoms with Crippen LogP contribution in [0.5, 0.6) is 5.75 Å². The first-order chi connectivity index (χ1) is 12.1. The molecule has 2 aliphatic rings. The minimum Gasteiger partial charge on any atom is -0.489 e. The highest BCUT2D eigenvalue weighted by atomic mass is 32.1. The van der Waals surface area contributed by atoms with Gasteiger partial charge in [0.2, 0.25) is 0 Å². The van der Waals surface area contributed by atoms with Crippen molar-refractivity contribution in [2.24, 2.45) is 0 Å². The van der Waals surface area contributed by atoms with E-state index in [1.807, 2.05) is 18.2 Å². The fourth-order valence-corrected chi connectivity index (χ4v) is 3.96. The number of nitriles is 1. The van der Waals surface area contributed by atoms with E-state index in [9.17, 15) is 9.18 Å². The molecule has 0 radical (unpaired) electrons. The fourth-order valence-electron chi connectivity index (χ4n) is 3.05. The van der Waals surface area contributed by atoms with Crippen LogP contribution in [-0.2, 0) is 4.79 Å². The Morgan fingerprint density at radius 2 is 2.24 bits per heavy atom. The SMILES string of the molecule is N#CN[C@H]1C[C@](F)(C(=O)Nc2nc3cccc(OC4CCC4)c3s2)C1. The average molecular weight is 360 g/mol. The molecule has 1 aromatic heterocycles. The minimum absolute atomic E-state index is 0.00662. The third-order valence-electron chi connectivity index (χ3n) is 4.76. The summed E-state index contributed by atoms with van der Waals surface area (Å²) >= 11 is 1.29. The van der Waals surface area contributed by atoms with Gasteiger partial charge in [0.05, 0.1) is 16.3 Å². The number of carbonyl (C=O) groups excluding carboxylic acids is 1. The van der Waals surface area contributed by atoms with E-state index in [1.54, 1.807) is 6.19 Å². The summed E-state index contributed by atoms with van der Waals surface area (Å²) in [6.45, 7) is 0. The number of hydrogen-bond acceptors (Lipinski definition) is 6. The molecule has 0 aliphatic heterocycles.